The average molecular weight is 316 g/mol. The first-order chi connectivity index (χ1) is 11.7. The van der Waals surface area contributed by atoms with Gasteiger partial charge in [0.1, 0.15) is 11.6 Å². The third-order valence-corrected chi connectivity index (χ3v) is 4.45. The minimum atomic E-state index is 0.209. The zero-order valence-corrected chi connectivity index (χ0v) is 14.0. The summed E-state index contributed by atoms with van der Waals surface area (Å²) in [5.41, 5.74) is 4.44. The van der Waals surface area contributed by atoms with Crippen molar-refractivity contribution in [3.8, 4) is 0 Å². The highest BCUT2D eigenvalue weighted by atomic mass is 14.9. The van der Waals surface area contributed by atoms with Crippen molar-refractivity contribution >= 4 is 21.9 Å². The van der Waals surface area contributed by atoms with E-state index in [0.717, 1.165) is 46.4 Å². The largest absolute Gasteiger partial charge is 0.342 e. The molecule has 1 N–H and O–H groups in total. The van der Waals surface area contributed by atoms with E-state index in [9.17, 15) is 0 Å². The zero-order chi connectivity index (χ0) is 16.5. The van der Waals surface area contributed by atoms with Crippen LogP contribution in [0.15, 0.2) is 48.7 Å². The molecule has 4 heteroatoms. The van der Waals surface area contributed by atoms with E-state index in [4.69, 9.17) is 9.97 Å². The Labute approximate surface area is 141 Å². The lowest BCUT2D eigenvalue weighted by Crippen LogP contribution is -2.05. The van der Waals surface area contributed by atoms with E-state index < -0.39 is 0 Å². The molecule has 4 aromatic rings. The van der Waals surface area contributed by atoms with Crippen LogP contribution in [0.1, 0.15) is 37.0 Å². The molecular weight excluding hydrogens is 296 g/mol. The average Bonchev–Trinajstić information content (AvgIpc) is 3.02. The van der Waals surface area contributed by atoms with Crippen LogP contribution in [0.4, 0.5) is 0 Å². The van der Waals surface area contributed by atoms with Crippen molar-refractivity contribution < 1.29 is 0 Å². The molecule has 2 aromatic carbocycles. The number of H-pyrrole nitrogens is 1. The molecule has 0 aliphatic heterocycles. The van der Waals surface area contributed by atoms with Crippen LogP contribution in [0.2, 0.25) is 0 Å². The molecular formula is C20H20N4. The Morgan fingerprint density at radius 2 is 1.92 bits per heavy atom. The van der Waals surface area contributed by atoms with E-state index in [1.54, 1.807) is 0 Å². The Bertz CT molecular complexity index is 1000. The molecule has 1 atom stereocenters. The van der Waals surface area contributed by atoms with Gasteiger partial charge in [0, 0.05) is 23.9 Å². The highest BCUT2D eigenvalue weighted by Gasteiger charge is 2.13. The molecule has 0 amide bonds. The predicted molar refractivity (Wildman–Crippen MR) is 97.1 cm³/mol. The van der Waals surface area contributed by atoms with E-state index in [0.29, 0.717) is 0 Å². The summed E-state index contributed by atoms with van der Waals surface area (Å²) in [6, 6.07) is 14.5. The highest BCUT2D eigenvalue weighted by molar-refractivity contribution is 5.77. The normalized spacial score (nSPS) is 12.8. The highest BCUT2D eigenvalue weighted by Crippen LogP contribution is 2.21. The Hall–Kier alpha value is -2.75. The summed E-state index contributed by atoms with van der Waals surface area (Å²) in [6.45, 7) is 4.31. The van der Waals surface area contributed by atoms with Gasteiger partial charge < -0.3 is 4.98 Å². The summed E-state index contributed by atoms with van der Waals surface area (Å²) in [5.74, 6) is 2.06. The van der Waals surface area contributed by atoms with Crippen LogP contribution in [-0.2, 0) is 12.8 Å². The van der Waals surface area contributed by atoms with Crippen LogP contribution in [0.3, 0.4) is 0 Å². The molecule has 0 radical (unpaired) electrons. The summed E-state index contributed by atoms with van der Waals surface area (Å²) in [7, 11) is 0. The Morgan fingerprint density at radius 3 is 2.79 bits per heavy atom. The van der Waals surface area contributed by atoms with Gasteiger partial charge in [-0.25, -0.2) is 15.0 Å². The number of nitrogens with one attached hydrogen (secondary N) is 1. The van der Waals surface area contributed by atoms with Gasteiger partial charge in [-0.15, -0.1) is 0 Å². The number of aryl methyl sites for hydroxylation is 1. The Morgan fingerprint density at radius 1 is 1.04 bits per heavy atom. The number of nitrogens with zero attached hydrogens (tertiary/aromatic N) is 3. The van der Waals surface area contributed by atoms with E-state index in [1.807, 2.05) is 30.5 Å². The summed E-state index contributed by atoms with van der Waals surface area (Å²) < 4.78 is 0. The topological polar surface area (TPSA) is 54.5 Å². The molecule has 2 aromatic heterocycles. The van der Waals surface area contributed by atoms with Gasteiger partial charge >= 0.3 is 0 Å². The summed E-state index contributed by atoms with van der Waals surface area (Å²) in [5, 5.41) is 1.07. The van der Waals surface area contributed by atoms with Gasteiger partial charge in [0.05, 0.1) is 16.6 Å². The van der Waals surface area contributed by atoms with Crippen LogP contribution >= 0.6 is 0 Å². The lowest BCUT2D eigenvalue weighted by Gasteiger charge is -2.09. The number of imidazole rings is 1. The summed E-state index contributed by atoms with van der Waals surface area (Å²) >= 11 is 0. The number of hydrogen-bond acceptors (Lipinski definition) is 3. The van der Waals surface area contributed by atoms with Crippen LogP contribution < -0.4 is 0 Å². The quantitative estimate of drug-likeness (QED) is 0.606. The second kappa shape index (κ2) is 6.04. The summed E-state index contributed by atoms with van der Waals surface area (Å²) in [4.78, 5) is 17.4. The number of rotatable bonds is 4. The number of aromatic amines is 1. The van der Waals surface area contributed by atoms with Crippen molar-refractivity contribution in [2.24, 2.45) is 0 Å². The van der Waals surface area contributed by atoms with Gasteiger partial charge in [0.15, 0.2) is 0 Å². The number of fused-ring (bicyclic) bond motifs is 2. The standard InChI is InChI=1S/C20H20N4/c1-3-14-8-9-17-18(11-14)23-19(22-17)10-13(2)20-21-12-15-6-4-5-7-16(15)24-20/h4-9,11-13H,3,10H2,1-2H3,(H,22,23). The number of hydrogen-bond donors (Lipinski definition) is 1. The SMILES string of the molecule is CCc1ccc2nc(CC(C)c3ncc4ccccc4n3)[nH]c2c1. The fraction of sp³-hybridized carbons (Fsp3) is 0.250. The number of para-hydroxylation sites is 1. The molecule has 0 bridgehead atoms. The van der Waals surface area contributed by atoms with Gasteiger partial charge in [0.25, 0.3) is 0 Å². The summed E-state index contributed by atoms with van der Waals surface area (Å²) in [6.07, 6.45) is 3.74. The maximum atomic E-state index is 4.70. The second-order valence-corrected chi connectivity index (χ2v) is 6.28. The van der Waals surface area contributed by atoms with Crippen LogP contribution in [0.25, 0.3) is 21.9 Å². The van der Waals surface area contributed by atoms with Crippen molar-refractivity contribution in [2.75, 3.05) is 0 Å². The molecule has 0 spiro atoms. The predicted octanol–water partition coefficient (Wildman–Crippen LogP) is 4.41. The Kier molecular flexibility index (Phi) is 3.73. The second-order valence-electron chi connectivity index (χ2n) is 6.28. The van der Waals surface area contributed by atoms with E-state index in [1.165, 1.54) is 5.56 Å². The van der Waals surface area contributed by atoms with Crippen LogP contribution in [0.5, 0.6) is 0 Å². The van der Waals surface area contributed by atoms with E-state index in [-0.39, 0.29) is 5.92 Å². The zero-order valence-electron chi connectivity index (χ0n) is 14.0. The number of benzene rings is 2. The lowest BCUT2D eigenvalue weighted by molar-refractivity contribution is 0.681. The smallest absolute Gasteiger partial charge is 0.132 e. The molecule has 1 unspecified atom stereocenters. The maximum Gasteiger partial charge on any atom is 0.132 e. The lowest BCUT2D eigenvalue weighted by atomic mass is 10.1. The van der Waals surface area contributed by atoms with E-state index in [2.05, 4.69) is 42.0 Å². The maximum absolute atomic E-state index is 4.70. The fourth-order valence-corrected chi connectivity index (χ4v) is 3.03. The van der Waals surface area contributed by atoms with Gasteiger partial charge in [-0.2, -0.15) is 0 Å². The van der Waals surface area contributed by atoms with Crippen molar-refractivity contribution in [1.29, 1.82) is 0 Å². The van der Waals surface area contributed by atoms with Gasteiger partial charge in [-0.1, -0.05) is 38.1 Å². The molecule has 0 aliphatic rings. The molecule has 120 valence electrons. The van der Waals surface area contributed by atoms with Crippen LogP contribution in [-0.4, -0.2) is 19.9 Å². The Balaban J connectivity index is 1.61. The van der Waals surface area contributed by atoms with Crippen molar-refractivity contribution in [2.45, 2.75) is 32.6 Å². The molecule has 0 aliphatic carbocycles. The molecule has 2 heterocycles. The van der Waals surface area contributed by atoms with Gasteiger partial charge in [-0.3, -0.25) is 0 Å². The first kappa shape index (κ1) is 14.8. The van der Waals surface area contributed by atoms with Crippen molar-refractivity contribution in [1.82, 2.24) is 19.9 Å². The van der Waals surface area contributed by atoms with Crippen LogP contribution in [0, 0.1) is 0 Å². The monoisotopic (exact) mass is 316 g/mol. The first-order valence-electron chi connectivity index (χ1n) is 8.42. The molecule has 4 nitrogen and oxygen atoms in total. The van der Waals surface area contributed by atoms with Gasteiger partial charge in [-0.05, 0) is 30.2 Å². The first-order valence-corrected chi connectivity index (χ1v) is 8.42. The van der Waals surface area contributed by atoms with Crippen molar-refractivity contribution in [3.63, 3.8) is 0 Å². The molecule has 0 saturated heterocycles. The fourth-order valence-electron chi connectivity index (χ4n) is 3.03. The third-order valence-electron chi connectivity index (χ3n) is 4.45. The molecule has 24 heavy (non-hydrogen) atoms. The van der Waals surface area contributed by atoms with Gasteiger partial charge in [0.2, 0.25) is 0 Å². The number of aromatic nitrogens is 4. The minimum Gasteiger partial charge on any atom is -0.342 e. The van der Waals surface area contributed by atoms with E-state index >= 15 is 0 Å². The molecule has 4 rings (SSSR count). The minimum absolute atomic E-state index is 0.209. The van der Waals surface area contributed by atoms with Crippen molar-refractivity contribution in [3.05, 3.63) is 65.9 Å². The molecule has 0 saturated carbocycles. The third kappa shape index (κ3) is 2.75. The molecule has 0 fully saturated rings.